The van der Waals surface area contributed by atoms with Gasteiger partial charge in [0.2, 0.25) is 10.0 Å². The van der Waals surface area contributed by atoms with E-state index >= 15 is 0 Å². The van der Waals surface area contributed by atoms with Gasteiger partial charge >= 0.3 is 0 Å². The van der Waals surface area contributed by atoms with Crippen LogP contribution in [0.5, 0.6) is 11.5 Å². The third kappa shape index (κ3) is 4.94. The van der Waals surface area contributed by atoms with E-state index in [0.717, 1.165) is 11.1 Å². The average Bonchev–Trinajstić information content (AvgIpc) is 2.74. The number of nitrogens with one attached hydrogen (secondary N) is 1. The van der Waals surface area contributed by atoms with Gasteiger partial charge < -0.3 is 14.8 Å². The highest BCUT2D eigenvalue weighted by atomic mass is 32.2. The lowest BCUT2D eigenvalue weighted by molar-refractivity contribution is 0.0939. The zero-order chi connectivity index (χ0) is 22.5. The van der Waals surface area contributed by atoms with Gasteiger partial charge in [0.25, 0.3) is 5.91 Å². The summed E-state index contributed by atoms with van der Waals surface area (Å²) < 4.78 is 37.3. The second kappa shape index (κ2) is 9.95. The smallest absolute Gasteiger partial charge is 0.252 e. The van der Waals surface area contributed by atoms with Crippen molar-refractivity contribution in [1.82, 2.24) is 9.62 Å². The number of ether oxygens (including phenoxy) is 2. The lowest BCUT2D eigenvalue weighted by atomic mass is 10.1. The van der Waals surface area contributed by atoms with Crippen LogP contribution < -0.4 is 14.8 Å². The molecule has 0 saturated carbocycles. The SMILES string of the molecule is CCN(CC)S(=O)(=O)c1ccc(C(C)NC(=O)c2cc(OC)c(C)c(OC)c2)cc1. The number of methoxy groups -OCH3 is 2. The number of rotatable bonds is 9. The molecule has 1 unspecified atom stereocenters. The van der Waals surface area contributed by atoms with Crippen molar-refractivity contribution >= 4 is 15.9 Å². The number of nitrogens with zero attached hydrogens (tertiary/aromatic N) is 1. The standard InChI is InChI=1S/C22H30N2O5S/c1-7-24(8-2)30(26,27)19-11-9-17(10-12-19)16(4)23-22(25)18-13-20(28-5)15(3)21(14-18)29-6/h9-14,16H,7-8H2,1-6H3,(H,23,25). The molecule has 1 atom stereocenters. The van der Waals surface area contributed by atoms with E-state index in [1.807, 2.05) is 27.7 Å². The van der Waals surface area contributed by atoms with Crippen LogP contribution in [0.25, 0.3) is 0 Å². The highest BCUT2D eigenvalue weighted by Crippen LogP contribution is 2.29. The maximum absolute atomic E-state index is 12.7. The van der Waals surface area contributed by atoms with Gasteiger partial charge in [0.1, 0.15) is 11.5 Å². The van der Waals surface area contributed by atoms with E-state index in [1.165, 1.54) is 4.31 Å². The second-order valence-electron chi connectivity index (χ2n) is 6.86. The number of carbonyl (C=O) groups excluding carboxylic acids is 1. The summed E-state index contributed by atoms with van der Waals surface area (Å²) in [6, 6.07) is 9.60. The van der Waals surface area contributed by atoms with Crippen LogP contribution in [0.15, 0.2) is 41.3 Å². The van der Waals surface area contributed by atoms with Gasteiger partial charge in [-0.15, -0.1) is 0 Å². The quantitative estimate of drug-likeness (QED) is 0.653. The molecule has 0 fully saturated rings. The molecule has 2 aromatic carbocycles. The van der Waals surface area contributed by atoms with E-state index in [0.29, 0.717) is 30.2 Å². The topological polar surface area (TPSA) is 84.9 Å². The van der Waals surface area contributed by atoms with E-state index in [9.17, 15) is 13.2 Å². The van der Waals surface area contributed by atoms with Crippen LogP contribution in [0, 0.1) is 6.92 Å². The molecule has 0 saturated heterocycles. The molecule has 0 heterocycles. The molecule has 0 aliphatic rings. The van der Waals surface area contributed by atoms with Gasteiger partial charge in [-0.25, -0.2) is 8.42 Å². The molecule has 8 heteroatoms. The van der Waals surface area contributed by atoms with Crippen LogP contribution in [-0.4, -0.2) is 45.9 Å². The van der Waals surface area contributed by atoms with Gasteiger partial charge in [-0.05, 0) is 43.7 Å². The first-order chi connectivity index (χ1) is 14.2. The van der Waals surface area contributed by atoms with Crippen LogP contribution in [0.4, 0.5) is 0 Å². The minimum atomic E-state index is -3.51. The molecule has 164 valence electrons. The lowest BCUT2D eigenvalue weighted by Gasteiger charge is -2.19. The van der Waals surface area contributed by atoms with Gasteiger partial charge in [-0.3, -0.25) is 4.79 Å². The highest BCUT2D eigenvalue weighted by molar-refractivity contribution is 7.89. The van der Waals surface area contributed by atoms with Crippen LogP contribution in [0.3, 0.4) is 0 Å². The molecule has 0 radical (unpaired) electrons. The molecular formula is C22H30N2O5S. The molecule has 0 aliphatic heterocycles. The molecule has 2 aromatic rings. The van der Waals surface area contributed by atoms with Gasteiger partial charge in [-0.2, -0.15) is 4.31 Å². The summed E-state index contributed by atoms with van der Waals surface area (Å²) in [5.41, 5.74) is 2.03. The van der Waals surface area contributed by atoms with Gasteiger partial charge in [0.15, 0.2) is 0 Å². The van der Waals surface area contributed by atoms with Crippen molar-refractivity contribution in [3.8, 4) is 11.5 Å². The Bertz CT molecular complexity index is 958. The molecule has 0 bridgehead atoms. The Kier molecular flexibility index (Phi) is 7.86. The van der Waals surface area contributed by atoms with Gasteiger partial charge in [0.05, 0.1) is 25.2 Å². The summed E-state index contributed by atoms with van der Waals surface area (Å²) in [4.78, 5) is 13.0. The Morgan fingerprint density at radius 2 is 1.53 bits per heavy atom. The van der Waals surface area contributed by atoms with Gasteiger partial charge in [-0.1, -0.05) is 26.0 Å². The molecule has 1 N–H and O–H groups in total. The Morgan fingerprint density at radius 3 is 1.97 bits per heavy atom. The molecule has 0 aromatic heterocycles. The Morgan fingerprint density at radius 1 is 1.03 bits per heavy atom. The number of hydrogen-bond acceptors (Lipinski definition) is 5. The fourth-order valence-electron chi connectivity index (χ4n) is 3.22. The van der Waals surface area contributed by atoms with Crippen molar-refractivity contribution < 1.29 is 22.7 Å². The number of sulfonamides is 1. The number of hydrogen-bond donors (Lipinski definition) is 1. The normalized spacial score (nSPS) is 12.5. The molecule has 0 spiro atoms. The summed E-state index contributed by atoms with van der Waals surface area (Å²) in [7, 11) is -0.428. The van der Waals surface area contributed by atoms with Crippen LogP contribution in [-0.2, 0) is 10.0 Å². The fourth-order valence-corrected chi connectivity index (χ4v) is 4.68. The van der Waals surface area contributed by atoms with Crippen molar-refractivity contribution in [2.45, 2.75) is 38.6 Å². The van der Waals surface area contributed by atoms with Crippen LogP contribution in [0.1, 0.15) is 48.3 Å². The molecular weight excluding hydrogens is 404 g/mol. The van der Waals surface area contributed by atoms with Crippen LogP contribution >= 0.6 is 0 Å². The van der Waals surface area contributed by atoms with E-state index in [4.69, 9.17) is 9.47 Å². The maximum atomic E-state index is 12.7. The minimum Gasteiger partial charge on any atom is -0.496 e. The zero-order valence-corrected chi connectivity index (χ0v) is 19.2. The van der Waals surface area contributed by atoms with Crippen molar-refractivity contribution in [1.29, 1.82) is 0 Å². The monoisotopic (exact) mass is 434 g/mol. The third-order valence-electron chi connectivity index (χ3n) is 5.09. The summed E-state index contributed by atoms with van der Waals surface area (Å²) in [6.45, 7) is 8.14. The predicted octanol–water partition coefficient (Wildman–Crippen LogP) is 3.53. The highest BCUT2D eigenvalue weighted by Gasteiger charge is 2.22. The third-order valence-corrected chi connectivity index (χ3v) is 7.15. The number of amides is 1. The fraction of sp³-hybridized carbons (Fsp3) is 0.409. The minimum absolute atomic E-state index is 0.237. The first-order valence-corrected chi connectivity index (χ1v) is 11.3. The Hall–Kier alpha value is -2.58. The van der Waals surface area contributed by atoms with E-state index < -0.39 is 10.0 Å². The first kappa shape index (κ1) is 23.7. The molecule has 7 nitrogen and oxygen atoms in total. The van der Waals surface area contributed by atoms with Crippen molar-refractivity contribution in [2.24, 2.45) is 0 Å². The Balaban J connectivity index is 2.20. The van der Waals surface area contributed by atoms with E-state index in [-0.39, 0.29) is 16.8 Å². The first-order valence-electron chi connectivity index (χ1n) is 9.83. The van der Waals surface area contributed by atoms with E-state index in [1.54, 1.807) is 50.6 Å². The lowest BCUT2D eigenvalue weighted by Crippen LogP contribution is -2.30. The van der Waals surface area contributed by atoms with Gasteiger partial charge in [0, 0.05) is 24.2 Å². The zero-order valence-electron chi connectivity index (χ0n) is 18.4. The predicted molar refractivity (Wildman–Crippen MR) is 117 cm³/mol. The summed E-state index contributed by atoms with van der Waals surface area (Å²) >= 11 is 0. The largest absolute Gasteiger partial charge is 0.496 e. The Labute approximate surface area is 179 Å². The van der Waals surface area contributed by atoms with Crippen molar-refractivity contribution in [3.63, 3.8) is 0 Å². The summed E-state index contributed by atoms with van der Waals surface area (Å²) in [5.74, 6) is 0.857. The van der Waals surface area contributed by atoms with Crippen LogP contribution in [0.2, 0.25) is 0 Å². The average molecular weight is 435 g/mol. The molecule has 30 heavy (non-hydrogen) atoms. The molecule has 1 amide bonds. The second-order valence-corrected chi connectivity index (χ2v) is 8.80. The summed E-state index contributed by atoms with van der Waals surface area (Å²) in [6.07, 6.45) is 0. The summed E-state index contributed by atoms with van der Waals surface area (Å²) in [5, 5.41) is 2.93. The van der Waals surface area contributed by atoms with E-state index in [2.05, 4.69) is 5.32 Å². The maximum Gasteiger partial charge on any atom is 0.252 e. The molecule has 0 aliphatic carbocycles. The molecule has 2 rings (SSSR count). The van der Waals surface area contributed by atoms with Crippen molar-refractivity contribution in [2.75, 3.05) is 27.3 Å². The van der Waals surface area contributed by atoms with Crippen molar-refractivity contribution in [3.05, 3.63) is 53.1 Å². The number of carbonyl (C=O) groups is 1. The number of benzene rings is 2.